The summed E-state index contributed by atoms with van der Waals surface area (Å²) in [6.07, 6.45) is -3.14. The van der Waals surface area contributed by atoms with Gasteiger partial charge in [-0.05, 0) is 47.9 Å². The molecule has 1 saturated heterocycles. The molecule has 1 amide bonds. The molecule has 0 aliphatic carbocycles. The van der Waals surface area contributed by atoms with E-state index in [1.54, 1.807) is 12.1 Å². The van der Waals surface area contributed by atoms with Crippen LogP contribution in [0.25, 0.3) is 6.08 Å². The molecule has 3 rings (SSSR count). The van der Waals surface area contributed by atoms with Crippen LogP contribution in [0.2, 0.25) is 0 Å². The van der Waals surface area contributed by atoms with Crippen LogP contribution in [0.1, 0.15) is 16.7 Å². The summed E-state index contributed by atoms with van der Waals surface area (Å²) in [5.41, 5.74) is 5.59. The highest BCUT2D eigenvalue weighted by Gasteiger charge is 2.35. The average molecular weight is 483 g/mol. The van der Waals surface area contributed by atoms with E-state index in [-0.39, 0.29) is 27.0 Å². The van der Waals surface area contributed by atoms with Crippen LogP contribution in [0, 0.1) is 0 Å². The third-order valence-electron chi connectivity index (χ3n) is 4.36. The molecule has 11 heteroatoms. The largest absolute Gasteiger partial charge is 0.468 e. The van der Waals surface area contributed by atoms with Crippen molar-refractivity contribution in [1.29, 1.82) is 0 Å². The predicted molar refractivity (Wildman–Crippen MR) is 118 cm³/mol. The van der Waals surface area contributed by atoms with E-state index in [9.17, 15) is 22.8 Å². The van der Waals surface area contributed by atoms with E-state index in [0.717, 1.165) is 17.8 Å². The second-order valence-corrected chi connectivity index (χ2v) is 8.40. The van der Waals surface area contributed by atoms with Crippen molar-refractivity contribution in [2.75, 3.05) is 7.11 Å². The molecule has 168 valence electrons. The number of halogens is 3. The Balaban J connectivity index is 1.82. The van der Waals surface area contributed by atoms with E-state index < -0.39 is 35.4 Å². The van der Waals surface area contributed by atoms with E-state index in [0.29, 0.717) is 5.56 Å². The fraction of sp³-hybridized carbons (Fsp3) is 0.190. The Morgan fingerprint density at radius 3 is 2.50 bits per heavy atom. The van der Waals surface area contributed by atoms with Gasteiger partial charge >= 0.3 is 12.1 Å². The SMILES string of the molecule is COC(=O)C(N)Cc1ccc(Oc2ccc(C=C3SC(=S)NC3=O)cc2C(F)(F)F)cc1. The molecular weight excluding hydrogens is 465 g/mol. The first-order valence-corrected chi connectivity index (χ1v) is 10.4. The summed E-state index contributed by atoms with van der Waals surface area (Å²) in [6.45, 7) is 0. The number of carbonyl (C=O) groups is 2. The highest BCUT2D eigenvalue weighted by atomic mass is 32.2. The van der Waals surface area contributed by atoms with Crippen molar-refractivity contribution in [3.05, 3.63) is 64.1 Å². The third kappa shape index (κ3) is 5.87. The summed E-state index contributed by atoms with van der Waals surface area (Å²) in [6, 6.07) is 8.82. The van der Waals surface area contributed by atoms with Crippen LogP contribution in [0.4, 0.5) is 13.2 Å². The van der Waals surface area contributed by atoms with Gasteiger partial charge in [0.05, 0.1) is 17.6 Å². The highest BCUT2D eigenvalue weighted by molar-refractivity contribution is 8.26. The molecule has 1 aliphatic rings. The van der Waals surface area contributed by atoms with Crippen LogP contribution in [0.5, 0.6) is 11.5 Å². The van der Waals surface area contributed by atoms with Crippen LogP contribution >= 0.6 is 24.0 Å². The highest BCUT2D eigenvalue weighted by Crippen LogP contribution is 2.39. The van der Waals surface area contributed by atoms with Crippen molar-refractivity contribution in [2.45, 2.75) is 18.6 Å². The number of hydrogen-bond donors (Lipinski definition) is 2. The number of alkyl halides is 3. The van der Waals surface area contributed by atoms with Gasteiger partial charge < -0.3 is 20.5 Å². The summed E-state index contributed by atoms with van der Waals surface area (Å²) < 4.78 is 51.2. The zero-order valence-electron chi connectivity index (χ0n) is 16.6. The minimum atomic E-state index is -4.68. The first-order chi connectivity index (χ1) is 15.1. The Hall–Kier alpha value is -2.89. The number of rotatable bonds is 6. The van der Waals surface area contributed by atoms with Gasteiger partial charge in [-0.15, -0.1) is 0 Å². The van der Waals surface area contributed by atoms with Gasteiger partial charge in [0.25, 0.3) is 5.91 Å². The molecule has 1 fully saturated rings. The molecule has 0 radical (unpaired) electrons. The topological polar surface area (TPSA) is 90.7 Å². The van der Waals surface area contributed by atoms with E-state index in [1.807, 2.05) is 0 Å². The number of esters is 1. The van der Waals surface area contributed by atoms with E-state index >= 15 is 0 Å². The third-order valence-corrected chi connectivity index (χ3v) is 5.52. The monoisotopic (exact) mass is 482 g/mol. The summed E-state index contributed by atoms with van der Waals surface area (Å²) in [5, 5.41) is 2.41. The number of thioether (sulfide) groups is 1. The summed E-state index contributed by atoms with van der Waals surface area (Å²) >= 11 is 5.86. The Kier molecular flexibility index (Phi) is 7.22. The zero-order chi connectivity index (χ0) is 23.5. The lowest BCUT2D eigenvalue weighted by molar-refractivity contribution is -0.142. The van der Waals surface area contributed by atoms with Crippen LogP contribution in [-0.4, -0.2) is 29.3 Å². The molecule has 2 aromatic rings. The number of methoxy groups -OCH3 is 1. The molecule has 1 unspecified atom stereocenters. The van der Waals surface area contributed by atoms with Gasteiger partial charge in [-0.2, -0.15) is 13.2 Å². The molecule has 2 aromatic carbocycles. The fourth-order valence-corrected chi connectivity index (χ4v) is 3.87. The van der Waals surface area contributed by atoms with E-state index in [4.69, 9.17) is 22.7 Å². The average Bonchev–Trinajstić information content (AvgIpc) is 3.05. The number of nitrogens with two attached hydrogens (primary N) is 1. The summed E-state index contributed by atoms with van der Waals surface area (Å²) in [7, 11) is 1.23. The zero-order valence-corrected chi connectivity index (χ0v) is 18.2. The first kappa shape index (κ1) is 23.8. The summed E-state index contributed by atoms with van der Waals surface area (Å²) in [4.78, 5) is 23.4. The van der Waals surface area contributed by atoms with Crippen LogP contribution in [-0.2, 0) is 26.9 Å². The molecule has 0 saturated carbocycles. The van der Waals surface area contributed by atoms with Crippen molar-refractivity contribution in [3.8, 4) is 11.5 Å². The number of ether oxygens (including phenoxy) is 2. The lowest BCUT2D eigenvalue weighted by Gasteiger charge is -2.15. The van der Waals surface area contributed by atoms with Gasteiger partial charge in [-0.1, -0.05) is 42.2 Å². The molecule has 3 N–H and O–H groups in total. The number of nitrogens with one attached hydrogen (secondary N) is 1. The lowest BCUT2D eigenvalue weighted by Crippen LogP contribution is -2.33. The predicted octanol–water partition coefficient (Wildman–Crippen LogP) is 4.03. The van der Waals surface area contributed by atoms with Gasteiger partial charge in [-0.25, -0.2) is 0 Å². The first-order valence-electron chi connectivity index (χ1n) is 9.13. The van der Waals surface area contributed by atoms with Crippen LogP contribution in [0.3, 0.4) is 0 Å². The molecule has 0 bridgehead atoms. The standard InChI is InChI=1S/C21H17F3N2O4S2/c1-29-19(28)15(25)9-11-2-5-13(6-3-11)30-16-7-4-12(8-14(16)21(22,23)24)10-17-18(27)26-20(31)32-17/h2-8,10,15H,9,25H2,1H3,(H,26,27,31). The van der Waals surface area contributed by atoms with E-state index in [1.165, 1.54) is 37.5 Å². The van der Waals surface area contributed by atoms with Gasteiger partial charge in [0.1, 0.15) is 21.9 Å². The second-order valence-electron chi connectivity index (χ2n) is 6.69. The second kappa shape index (κ2) is 9.72. The van der Waals surface area contributed by atoms with Crippen molar-refractivity contribution < 1.29 is 32.2 Å². The van der Waals surface area contributed by atoms with Gasteiger partial charge in [0.15, 0.2) is 0 Å². The molecule has 1 aliphatic heterocycles. The smallest absolute Gasteiger partial charge is 0.420 e. The molecule has 1 heterocycles. The minimum Gasteiger partial charge on any atom is -0.468 e. The summed E-state index contributed by atoms with van der Waals surface area (Å²) in [5.74, 6) is -1.24. The number of thiocarbonyl (C=S) groups is 1. The van der Waals surface area contributed by atoms with Crippen molar-refractivity contribution >= 4 is 46.3 Å². The Morgan fingerprint density at radius 1 is 1.25 bits per heavy atom. The van der Waals surface area contributed by atoms with Gasteiger partial charge in [0, 0.05) is 0 Å². The Morgan fingerprint density at radius 2 is 1.94 bits per heavy atom. The van der Waals surface area contributed by atoms with Crippen LogP contribution in [0.15, 0.2) is 47.4 Å². The normalized spacial score (nSPS) is 16.1. The number of amides is 1. The Bertz CT molecular complexity index is 1090. The van der Waals surface area contributed by atoms with Gasteiger partial charge in [0.2, 0.25) is 0 Å². The fourth-order valence-electron chi connectivity index (χ4n) is 2.83. The number of benzene rings is 2. The molecule has 6 nitrogen and oxygen atoms in total. The molecule has 0 aromatic heterocycles. The quantitative estimate of drug-likeness (QED) is 0.365. The molecular formula is C21H17F3N2O4S2. The minimum absolute atomic E-state index is 0.174. The maximum Gasteiger partial charge on any atom is 0.420 e. The van der Waals surface area contributed by atoms with E-state index in [2.05, 4.69) is 10.1 Å². The number of carbonyl (C=O) groups excluding carboxylic acids is 2. The molecule has 32 heavy (non-hydrogen) atoms. The molecule has 1 atom stereocenters. The maximum absolute atomic E-state index is 13.6. The maximum atomic E-state index is 13.6. The van der Waals surface area contributed by atoms with Crippen molar-refractivity contribution in [2.24, 2.45) is 5.73 Å². The van der Waals surface area contributed by atoms with Gasteiger partial charge in [-0.3, -0.25) is 9.59 Å². The number of hydrogen-bond acceptors (Lipinski definition) is 7. The Labute approximate surface area is 190 Å². The van der Waals surface area contributed by atoms with Crippen LogP contribution < -0.4 is 15.8 Å². The van der Waals surface area contributed by atoms with Crippen molar-refractivity contribution in [3.63, 3.8) is 0 Å². The van der Waals surface area contributed by atoms with Crippen molar-refractivity contribution in [1.82, 2.24) is 5.32 Å². The lowest BCUT2D eigenvalue weighted by atomic mass is 10.1. The molecule has 0 spiro atoms.